The van der Waals surface area contributed by atoms with Gasteiger partial charge in [0.1, 0.15) is 11.8 Å². The fourth-order valence-corrected chi connectivity index (χ4v) is 1.71. The first kappa shape index (κ1) is 15.5. The van der Waals surface area contributed by atoms with Gasteiger partial charge in [0, 0.05) is 4.47 Å². The Morgan fingerprint density at radius 1 is 1.32 bits per heavy atom. The van der Waals surface area contributed by atoms with Crippen molar-refractivity contribution in [3.63, 3.8) is 0 Å². The maximum atomic E-state index is 12.0. The molecule has 0 heterocycles. The minimum absolute atomic E-state index is 0.0854. The Balaban J connectivity index is 2.98. The maximum absolute atomic E-state index is 12.0. The monoisotopic (exact) mass is 329 g/mol. The van der Waals surface area contributed by atoms with E-state index in [1.54, 1.807) is 18.2 Å². The van der Waals surface area contributed by atoms with E-state index < -0.39 is 17.9 Å². The predicted octanol–water partition coefficient (Wildman–Crippen LogP) is 2.44. The van der Waals surface area contributed by atoms with E-state index in [1.807, 2.05) is 13.8 Å². The van der Waals surface area contributed by atoms with Crippen LogP contribution < -0.4 is 10.1 Å². The molecule has 0 radical (unpaired) electrons. The minimum atomic E-state index is -1.09. The summed E-state index contributed by atoms with van der Waals surface area (Å²) in [6, 6.07) is 4.02. The Morgan fingerprint density at radius 2 is 1.95 bits per heavy atom. The Labute approximate surface area is 120 Å². The molecule has 1 rings (SSSR count). The van der Waals surface area contributed by atoms with Crippen molar-refractivity contribution < 1.29 is 19.4 Å². The van der Waals surface area contributed by atoms with E-state index in [0.717, 1.165) is 4.47 Å². The molecule has 0 aliphatic heterocycles. The van der Waals surface area contributed by atoms with Crippen LogP contribution in [0.15, 0.2) is 22.7 Å². The highest BCUT2D eigenvalue weighted by molar-refractivity contribution is 9.10. The zero-order chi connectivity index (χ0) is 14.6. The van der Waals surface area contributed by atoms with Gasteiger partial charge in [-0.3, -0.25) is 9.59 Å². The normalized spacial score (nSPS) is 12.1. The van der Waals surface area contributed by atoms with Gasteiger partial charge >= 0.3 is 5.97 Å². The molecule has 0 aliphatic rings. The number of benzene rings is 1. The van der Waals surface area contributed by atoms with E-state index in [9.17, 15) is 9.59 Å². The van der Waals surface area contributed by atoms with Crippen LogP contribution in [0.4, 0.5) is 0 Å². The summed E-state index contributed by atoms with van der Waals surface area (Å²) < 4.78 is 6.33. The third-order valence-corrected chi connectivity index (χ3v) is 2.76. The molecule has 0 aliphatic carbocycles. The highest BCUT2D eigenvalue weighted by Crippen LogP contribution is 2.24. The number of aliphatic carboxylic acids is 1. The van der Waals surface area contributed by atoms with Gasteiger partial charge in [-0.2, -0.15) is 0 Å². The number of ether oxygens (including phenoxy) is 1. The van der Waals surface area contributed by atoms with E-state index in [2.05, 4.69) is 21.2 Å². The third-order valence-electron chi connectivity index (χ3n) is 2.27. The van der Waals surface area contributed by atoms with Crippen molar-refractivity contribution in [1.29, 1.82) is 0 Å². The van der Waals surface area contributed by atoms with Crippen LogP contribution in [0, 0.1) is 0 Å². The zero-order valence-corrected chi connectivity index (χ0v) is 12.5. The lowest BCUT2D eigenvalue weighted by atomic mass is 10.1. The molecule has 104 valence electrons. The van der Waals surface area contributed by atoms with E-state index in [0.29, 0.717) is 11.3 Å². The fraction of sp³-hybridized carbons (Fsp3) is 0.385. The number of hydrogen-bond acceptors (Lipinski definition) is 3. The molecule has 2 N–H and O–H groups in total. The van der Waals surface area contributed by atoms with Gasteiger partial charge in [0.2, 0.25) is 0 Å². The van der Waals surface area contributed by atoms with Gasteiger partial charge in [0.25, 0.3) is 5.91 Å². The van der Waals surface area contributed by atoms with Crippen molar-refractivity contribution in [2.75, 3.05) is 0 Å². The molecule has 1 aromatic carbocycles. The quantitative estimate of drug-likeness (QED) is 0.869. The number of halogens is 1. The van der Waals surface area contributed by atoms with Crippen molar-refractivity contribution >= 4 is 27.8 Å². The lowest BCUT2D eigenvalue weighted by Gasteiger charge is -2.15. The van der Waals surface area contributed by atoms with E-state index in [4.69, 9.17) is 9.84 Å². The fourth-order valence-electron chi connectivity index (χ4n) is 1.37. The third kappa shape index (κ3) is 4.55. The summed E-state index contributed by atoms with van der Waals surface area (Å²) in [5.41, 5.74) is 0.310. The zero-order valence-electron chi connectivity index (χ0n) is 10.9. The van der Waals surface area contributed by atoms with Crippen LogP contribution in [-0.2, 0) is 4.79 Å². The Kier molecular flexibility index (Phi) is 5.35. The van der Waals surface area contributed by atoms with Gasteiger partial charge in [-0.25, -0.2) is 0 Å². The van der Waals surface area contributed by atoms with Crippen molar-refractivity contribution in [3.05, 3.63) is 28.2 Å². The molecule has 1 aromatic rings. The molecule has 6 heteroatoms. The number of hydrogen-bond donors (Lipinski definition) is 2. The molecule has 1 amide bonds. The number of carboxylic acids is 1. The number of carbonyl (C=O) groups is 2. The van der Waals surface area contributed by atoms with Gasteiger partial charge < -0.3 is 15.2 Å². The van der Waals surface area contributed by atoms with Gasteiger partial charge in [-0.05, 0) is 39.0 Å². The van der Waals surface area contributed by atoms with Crippen LogP contribution in [-0.4, -0.2) is 29.1 Å². The summed E-state index contributed by atoms with van der Waals surface area (Å²) >= 11 is 3.30. The summed E-state index contributed by atoms with van der Waals surface area (Å²) in [4.78, 5) is 22.7. The first-order chi connectivity index (χ1) is 8.81. The average Bonchev–Trinajstić information content (AvgIpc) is 2.27. The molecule has 0 spiro atoms. The Hall–Kier alpha value is -1.56. The SMILES string of the molecule is CC(C)Oc1cc(Br)ccc1C(=O)N[C@@H](C)C(=O)O. The second-order valence-electron chi connectivity index (χ2n) is 4.34. The number of carboxylic acid groups (broad SMARTS) is 1. The summed E-state index contributed by atoms with van der Waals surface area (Å²) in [7, 11) is 0. The number of nitrogens with one attached hydrogen (secondary N) is 1. The molecule has 0 bridgehead atoms. The summed E-state index contributed by atoms with van der Waals surface area (Å²) in [5.74, 6) is -1.14. The first-order valence-corrected chi connectivity index (χ1v) is 6.60. The summed E-state index contributed by atoms with van der Waals surface area (Å²) in [5, 5.41) is 11.2. The summed E-state index contributed by atoms with van der Waals surface area (Å²) in [6.07, 6.45) is -0.0854. The maximum Gasteiger partial charge on any atom is 0.325 e. The van der Waals surface area contributed by atoms with Crippen LogP contribution in [0.2, 0.25) is 0 Å². The van der Waals surface area contributed by atoms with Crippen molar-refractivity contribution in [1.82, 2.24) is 5.32 Å². The summed E-state index contributed by atoms with van der Waals surface area (Å²) in [6.45, 7) is 5.10. The van der Waals surface area contributed by atoms with Crippen molar-refractivity contribution in [2.24, 2.45) is 0 Å². The number of carbonyl (C=O) groups excluding carboxylic acids is 1. The smallest absolute Gasteiger partial charge is 0.325 e. The lowest BCUT2D eigenvalue weighted by molar-refractivity contribution is -0.138. The standard InChI is InChI=1S/C13H16BrNO4/c1-7(2)19-11-6-9(14)4-5-10(11)12(16)15-8(3)13(17)18/h4-8H,1-3H3,(H,15,16)(H,17,18)/t8-/m0/s1. The second kappa shape index (κ2) is 6.56. The molecular formula is C13H16BrNO4. The van der Waals surface area contributed by atoms with Gasteiger partial charge in [-0.15, -0.1) is 0 Å². The molecule has 0 unspecified atom stereocenters. The van der Waals surface area contributed by atoms with Crippen LogP contribution in [0.25, 0.3) is 0 Å². The van der Waals surface area contributed by atoms with Crippen LogP contribution in [0.1, 0.15) is 31.1 Å². The molecular weight excluding hydrogens is 314 g/mol. The largest absolute Gasteiger partial charge is 0.490 e. The van der Waals surface area contributed by atoms with Crippen LogP contribution >= 0.6 is 15.9 Å². The van der Waals surface area contributed by atoms with Crippen LogP contribution in [0.5, 0.6) is 5.75 Å². The topological polar surface area (TPSA) is 75.6 Å². The predicted molar refractivity (Wildman–Crippen MR) is 74.5 cm³/mol. The van der Waals surface area contributed by atoms with Crippen molar-refractivity contribution in [3.8, 4) is 5.75 Å². The van der Waals surface area contributed by atoms with Gasteiger partial charge in [0.05, 0.1) is 11.7 Å². The Bertz CT molecular complexity index is 488. The highest BCUT2D eigenvalue weighted by Gasteiger charge is 2.19. The van der Waals surface area contributed by atoms with Crippen molar-refractivity contribution in [2.45, 2.75) is 32.9 Å². The average molecular weight is 330 g/mol. The second-order valence-corrected chi connectivity index (χ2v) is 5.26. The minimum Gasteiger partial charge on any atom is -0.490 e. The highest BCUT2D eigenvalue weighted by atomic mass is 79.9. The molecule has 0 aromatic heterocycles. The molecule has 19 heavy (non-hydrogen) atoms. The first-order valence-electron chi connectivity index (χ1n) is 5.81. The molecule has 0 saturated heterocycles. The van der Waals surface area contributed by atoms with Gasteiger partial charge in [0.15, 0.2) is 0 Å². The molecule has 1 atom stereocenters. The number of rotatable bonds is 5. The van der Waals surface area contributed by atoms with E-state index >= 15 is 0 Å². The molecule has 0 fully saturated rings. The lowest BCUT2D eigenvalue weighted by Crippen LogP contribution is -2.38. The molecule has 0 saturated carbocycles. The molecule has 5 nitrogen and oxygen atoms in total. The van der Waals surface area contributed by atoms with E-state index in [1.165, 1.54) is 6.92 Å². The van der Waals surface area contributed by atoms with Gasteiger partial charge in [-0.1, -0.05) is 15.9 Å². The van der Waals surface area contributed by atoms with E-state index in [-0.39, 0.29) is 6.10 Å². The van der Waals surface area contributed by atoms with Crippen LogP contribution in [0.3, 0.4) is 0 Å². The Morgan fingerprint density at radius 3 is 2.47 bits per heavy atom. The number of amides is 1.